The minimum absolute atomic E-state index is 0.0544. The molecular weight excluding hydrogens is 543 g/mol. The lowest BCUT2D eigenvalue weighted by molar-refractivity contribution is -0.140. The summed E-state index contributed by atoms with van der Waals surface area (Å²) in [5, 5.41) is -0.0440. The monoisotopic (exact) mass is 557 g/mol. The Morgan fingerprint density at radius 1 is 0.811 bits per heavy atom. The number of halogens is 8. The molecule has 192 valence electrons. The van der Waals surface area contributed by atoms with Crippen molar-refractivity contribution in [1.82, 2.24) is 4.90 Å². The van der Waals surface area contributed by atoms with E-state index in [1.54, 1.807) is 0 Å². The molecule has 4 rings (SSSR count). The summed E-state index contributed by atoms with van der Waals surface area (Å²) in [7, 11) is 0. The van der Waals surface area contributed by atoms with E-state index in [2.05, 4.69) is 0 Å². The van der Waals surface area contributed by atoms with E-state index < -0.39 is 42.2 Å². The predicted octanol–water partition coefficient (Wildman–Crippen LogP) is 8.17. The summed E-state index contributed by atoms with van der Waals surface area (Å²) in [6.07, 6.45) is -8.02. The predicted molar refractivity (Wildman–Crippen MR) is 126 cm³/mol. The molecule has 37 heavy (non-hydrogen) atoms. The molecule has 1 aliphatic rings. The molecule has 1 unspecified atom stereocenters. The highest BCUT2D eigenvalue weighted by atomic mass is 35.5. The molecule has 0 bridgehead atoms. The molecule has 0 spiro atoms. The van der Waals surface area contributed by atoms with Gasteiger partial charge in [-0.05, 0) is 47.0 Å². The van der Waals surface area contributed by atoms with Crippen molar-refractivity contribution >= 4 is 41.1 Å². The molecule has 0 saturated heterocycles. The zero-order chi connectivity index (χ0) is 27.1. The Hall–Kier alpha value is -3.30. The van der Waals surface area contributed by atoms with Crippen LogP contribution < -0.4 is 0 Å². The van der Waals surface area contributed by atoms with Crippen LogP contribution in [0.1, 0.15) is 48.9 Å². The van der Waals surface area contributed by atoms with Crippen LogP contribution in [0.2, 0.25) is 10.0 Å². The second-order valence-corrected chi connectivity index (χ2v) is 9.02. The van der Waals surface area contributed by atoms with Crippen LogP contribution in [0.15, 0.2) is 66.7 Å². The van der Waals surface area contributed by atoms with Crippen LogP contribution in [0.25, 0.3) is 6.08 Å². The van der Waals surface area contributed by atoms with Gasteiger partial charge in [0.1, 0.15) is 0 Å². The van der Waals surface area contributed by atoms with Gasteiger partial charge in [-0.15, -0.1) is 0 Å². The normalized spacial score (nSPS) is 15.0. The Kier molecular flexibility index (Phi) is 7.14. The van der Waals surface area contributed by atoms with Gasteiger partial charge in [-0.25, -0.2) is 0 Å². The highest BCUT2D eigenvalue weighted by Crippen LogP contribution is 2.39. The van der Waals surface area contributed by atoms with Gasteiger partial charge in [0.05, 0.1) is 39.2 Å². The molecule has 0 fully saturated rings. The van der Waals surface area contributed by atoms with Crippen molar-refractivity contribution in [3.8, 4) is 0 Å². The zero-order valence-electron chi connectivity index (χ0n) is 18.5. The maximum atomic E-state index is 13.9. The fourth-order valence-electron chi connectivity index (χ4n) is 3.97. The van der Waals surface area contributed by atoms with Crippen LogP contribution in [-0.4, -0.2) is 22.9 Å². The second kappa shape index (κ2) is 9.87. The topological polar surface area (TPSA) is 37.4 Å². The van der Waals surface area contributed by atoms with Gasteiger partial charge in [-0.3, -0.25) is 14.5 Å². The summed E-state index contributed by atoms with van der Waals surface area (Å²) in [4.78, 5) is 25.9. The largest absolute Gasteiger partial charge is 0.416 e. The van der Waals surface area contributed by atoms with Crippen LogP contribution in [0.3, 0.4) is 0 Å². The number of fused-ring (bicyclic) bond motifs is 1. The Labute approximate surface area is 216 Å². The minimum atomic E-state index is -4.90. The van der Waals surface area contributed by atoms with Crippen LogP contribution in [0, 0.1) is 0 Å². The highest BCUT2D eigenvalue weighted by Gasteiger charge is 2.40. The Morgan fingerprint density at radius 3 is 1.97 bits per heavy atom. The molecule has 1 heterocycles. The van der Waals surface area contributed by atoms with E-state index in [0.717, 1.165) is 30.4 Å². The first-order valence-electron chi connectivity index (χ1n) is 10.6. The average molecular weight is 558 g/mol. The molecule has 0 saturated carbocycles. The van der Waals surface area contributed by atoms with Gasteiger partial charge >= 0.3 is 12.4 Å². The second-order valence-electron chi connectivity index (χ2n) is 8.21. The number of allylic oxidation sites excluding steroid dienone is 1. The number of rotatable bonds is 5. The average Bonchev–Trinajstić information content (AvgIpc) is 3.05. The Balaban J connectivity index is 1.66. The molecule has 2 amide bonds. The summed E-state index contributed by atoms with van der Waals surface area (Å²) in [5.74, 6) is -3.62. The summed E-state index contributed by atoms with van der Waals surface area (Å²) >= 11 is 11.6. The molecule has 0 aliphatic carbocycles. The number of amides is 2. The van der Waals surface area contributed by atoms with Gasteiger partial charge < -0.3 is 0 Å². The number of carbonyl (C=O) groups is 2. The number of nitrogens with zero attached hydrogens (tertiary/aromatic N) is 1. The summed E-state index contributed by atoms with van der Waals surface area (Å²) in [6, 6.07) is 12.1. The summed E-state index contributed by atoms with van der Waals surface area (Å²) in [6.45, 7) is -0.653. The van der Waals surface area contributed by atoms with Crippen molar-refractivity contribution in [3.05, 3.63) is 110 Å². The van der Waals surface area contributed by atoms with Crippen LogP contribution in [-0.2, 0) is 12.7 Å². The van der Waals surface area contributed by atoms with Gasteiger partial charge in [0, 0.05) is 0 Å². The Morgan fingerprint density at radius 2 is 1.43 bits per heavy atom. The lowest BCUT2D eigenvalue weighted by Crippen LogP contribution is -2.30. The van der Waals surface area contributed by atoms with E-state index in [4.69, 9.17) is 23.2 Å². The van der Waals surface area contributed by atoms with Gasteiger partial charge in [0.2, 0.25) is 0 Å². The van der Waals surface area contributed by atoms with E-state index in [0.29, 0.717) is 11.0 Å². The maximum absolute atomic E-state index is 13.9. The third kappa shape index (κ3) is 5.52. The summed E-state index contributed by atoms with van der Waals surface area (Å²) < 4.78 is 82.8. The molecular formula is C26H15Cl2F6NO2. The molecule has 1 atom stereocenters. The highest BCUT2D eigenvalue weighted by molar-refractivity contribution is 6.42. The molecule has 3 nitrogen and oxygen atoms in total. The van der Waals surface area contributed by atoms with Crippen molar-refractivity contribution in [3.63, 3.8) is 0 Å². The summed E-state index contributed by atoms with van der Waals surface area (Å²) in [5.41, 5.74) is -1.79. The fourth-order valence-corrected chi connectivity index (χ4v) is 4.28. The first kappa shape index (κ1) is 26.8. The third-order valence-electron chi connectivity index (χ3n) is 5.78. The third-order valence-corrected chi connectivity index (χ3v) is 6.52. The van der Waals surface area contributed by atoms with Gasteiger partial charge in [0.25, 0.3) is 11.8 Å². The number of hydrogen-bond donors (Lipinski definition) is 0. The van der Waals surface area contributed by atoms with Crippen molar-refractivity contribution in [2.75, 3.05) is 0 Å². The van der Waals surface area contributed by atoms with Gasteiger partial charge in [0.15, 0.2) is 0 Å². The fraction of sp³-hybridized carbons (Fsp3) is 0.154. The van der Waals surface area contributed by atoms with Gasteiger partial charge in [-0.1, -0.05) is 65.7 Å². The quantitative estimate of drug-likeness (QED) is 0.234. The zero-order valence-corrected chi connectivity index (χ0v) is 20.0. The van der Waals surface area contributed by atoms with Crippen molar-refractivity contribution in [1.29, 1.82) is 0 Å². The molecule has 0 N–H and O–H groups in total. The molecule has 0 aromatic heterocycles. The first-order chi connectivity index (χ1) is 17.3. The lowest BCUT2D eigenvalue weighted by atomic mass is 9.96. The number of benzene rings is 3. The van der Waals surface area contributed by atoms with E-state index in [1.165, 1.54) is 36.4 Å². The van der Waals surface area contributed by atoms with Crippen molar-refractivity contribution < 1.29 is 35.9 Å². The smallest absolute Gasteiger partial charge is 0.270 e. The van der Waals surface area contributed by atoms with Crippen LogP contribution in [0.4, 0.5) is 26.3 Å². The van der Waals surface area contributed by atoms with Crippen LogP contribution in [0.5, 0.6) is 0 Å². The van der Waals surface area contributed by atoms with E-state index in [-0.39, 0.29) is 37.9 Å². The number of carbonyl (C=O) groups excluding carboxylic acids is 2. The maximum Gasteiger partial charge on any atom is 0.416 e. The van der Waals surface area contributed by atoms with E-state index >= 15 is 0 Å². The lowest BCUT2D eigenvalue weighted by Gasteiger charge is -2.19. The minimum Gasteiger partial charge on any atom is -0.270 e. The standard InChI is InChI=1S/C26H15Cl2F6NO2/c27-21-10-8-15(12-22(21)28)19(25(29,30)31)9-6-14-5-7-16(20(11-14)26(32,33)34)13-35-23(36)17-3-1-2-4-18(17)24(35)37/h1-12,19H,13H2. The molecule has 1 aliphatic heterocycles. The van der Waals surface area contributed by atoms with E-state index in [1.807, 2.05) is 0 Å². The molecule has 3 aromatic carbocycles. The van der Waals surface area contributed by atoms with Gasteiger partial charge in [-0.2, -0.15) is 26.3 Å². The molecule has 11 heteroatoms. The number of imide groups is 1. The SMILES string of the molecule is O=C1c2ccccc2C(=O)N1Cc1ccc(C=CC(c2ccc(Cl)c(Cl)c2)C(F)(F)F)cc1C(F)(F)F. The molecule has 3 aromatic rings. The Bertz CT molecular complexity index is 1380. The van der Waals surface area contributed by atoms with Crippen molar-refractivity contribution in [2.24, 2.45) is 0 Å². The first-order valence-corrected chi connectivity index (χ1v) is 11.4. The number of hydrogen-bond acceptors (Lipinski definition) is 2. The van der Waals surface area contributed by atoms with E-state index in [9.17, 15) is 35.9 Å². The molecule has 0 radical (unpaired) electrons. The number of alkyl halides is 6. The van der Waals surface area contributed by atoms with Crippen LogP contribution >= 0.6 is 23.2 Å². The van der Waals surface area contributed by atoms with Crippen molar-refractivity contribution in [2.45, 2.75) is 24.8 Å².